The van der Waals surface area contributed by atoms with Gasteiger partial charge < -0.3 is 4.74 Å². The molecule has 1 saturated heterocycles. The van der Waals surface area contributed by atoms with E-state index in [2.05, 4.69) is 14.6 Å². The minimum absolute atomic E-state index is 0.0186. The van der Waals surface area contributed by atoms with Gasteiger partial charge in [0.1, 0.15) is 0 Å². The van der Waals surface area contributed by atoms with Crippen molar-refractivity contribution < 1.29 is 17.9 Å². The summed E-state index contributed by atoms with van der Waals surface area (Å²) >= 11 is 5.91. The number of methoxy groups -OCH3 is 1. The third kappa shape index (κ3) is 6.55. The van der Waals surface area contributed by atoms with Gasteiger partial charge in [-0.2, -0.15) is 0 Å². The highest BCUT2D eigenvalue weighted by molar-refractivity contribution is 7.89. The first-order chi connectivity index (χ1) is 16.8. The van der Waals surface area contributed by atoms with Crippen LogP contribution in [0.1, 0.15) is 27.9 Å². The highest BCUT2D eigenvalue weighted by atomic mass is 35.5. The van der Waals surface area contributed by atoms with E-state index in [0.717, 1.165) is 11.1 Å². The summed E-state index contributed by atoms with van der Waals surface area (Å²) in [6, 6.07) is 16.9. The van der Waals surface area contributed by atoms with Crippen molar-refractivity contribution in [2.45, 2.75) is 29.9 Å². The van der Waals surface area contributed by atoms with E-state index < -0.39 is 16.0 Å². The van der Waals surface area contributed by atoms with Gasteiger partial charge in [0.15, 0.2) is 0 Å². The molecule has 1 aliphatic heterocycles. The number of aromatic nitrogens is 1. The zero-order valence-corrected chi connectivity index (χ0v) is 20.7. The maximum Gasteiger partial charge on any atom is 0.337 e. The third-order valence-electron chi connectivity index (χ3n) is 5.82. The normalized spacial score (nSPS) is 18.7. The quantitative estimate of drug-likeness (QED) is 0.457. The summed E-state index contributed by atoms with van der Waals surface area (Å²) in [5.74, 6) is -0.393. The van der Waals surface area contributed by atoms with E-state index in [1.165, 1.54) is 19.2 Å². The van der Waals surface area contributed by atoms with Crippen molar-refractivity contribution in [2.75, 3.05) is 13.7 Å². The van der Waals surface area contributed by atoms with Crippen molar-refractivity contribution in [3.8, 4) is 0 Å². The second-order valence-corrected chi connectivity index (χ2v) is 10.5. The van der Waals surface area contributed by atoms with Crippen molar-refractivity contribution in [3.63, 3.8) is 0 Å². The number of nitrogens with one attached hydrogen (secondary N) is 1. The first-order valence-corrected chi connectivity index (χ1v) is 13.0. The molecule has 0 radical (unpaired) electrons. The lowest BCUT2D eigenvalue weighted by Gasteiger charge is -2.21. The van der Waals surface area contributed by atoms with Gasteiger partial charge in [-0.3, -0.25) is 9.88 Å². The van der Waals surface area contributed by atoms with E-state index in [0.29, 0.717) is 30.1 Å². The Morgan fingerprint density at radius 2 is 2.00 bits per heavy atom. The van der Waals surface area contributed by atoms with Crippen molar-refractivity contribution in [1.29, 1.82) is 0 Å². The zero-order chi connectivity index (χ0) is 24.8. The predicted octanol–water partition coefficient (Wildman–Crippen LogP) is 4.16. The topological polar surface area (TPSA) is 88.6 Å². The molecule has 1 N–H and O–H groups in total. The number of carbonyl (C=O) groups excluding carboxylic acids is 1. The molecule has 0 unspecified atom stereocenters. The fourth-order valence-corrected chi connectivity index (χ4v) is 5.50. The van der Waals surface area contributed by atoms with E-state index in [-0.39, 0.29) is 17.0 Å². The molecule has 2 aromatic carbocycles. The Balaban J connectivity index is 1.53. The zero-order valence-electron chi connectivity index (χ0n) is 19.2. The number of halogens is 1. The number of ether oxygens (including phenoxy) is 1. The molecule has 9 heteroatoms. The van der Waals surface area contributed by atoms with Gasteiger partial charge in [-0.1, -0.05) is 42.0 Å². The Kier molecular flexibility index (Phi) is 7.97. The molecule has 7 nitrogen and oxygen atoms in total. The number of likely N-dealkylation sites (tertiary alicyclic amines) is 1. The van der Waals surface area contributed by atoms with Gasteiger partial charge in [0.25, 0.3) is 0 Å². The second kappa shape index (κ2) is 11.1. The SMILES string of the molecule is COC(=O)c1cccc(/C=C\[C@@H]2C[C@@H](NS(=O)(=O)c3ccc(Cl)cc3)CN2Cc2cccnc2)c1. The minimum Gasteiger partial charge on any atom is -0.465 e. The van der Waals surface area contributed by atoms with Crippen LogP contribution in [0.25, 0.3) is 6.08 Å². The Morgan fingerprint density at radius 3 is 2.71 bits per heavy atom. The van der Waals surface area contributed by atoms with E-state index in [1.54, 1.807) is 36.5 Å². The molecule has 0 spiro atoms. The summed E-state index contributed by atoms with van der Waals surface area (Å²) < 4.78 is 33.5. The number of carbonyl (C=O) groups is 1. The lowest BCUT2D eigenvalue weighted by molar-refractivity contribution is 0.0600. The average Bonchev–Trinajstić information content (AvgIpc) is 3.23. The highest BCUT2D eigenvalue weighted by Crippen LogP contribution is 2.24. The van der Waals surface area contributed by atoms with Crippen molar-refractivity contribution in [3.05, 3.63) is 101 Å². The average molecular weight is 512 g/mol. The van der Waals surface area contributed by atoms with Crippen LogP contribution >= 0.6 is 11.6 Å². The fourth-order valence-electron chi connectivity index (χ4n) is 4.14. The molecule has 0 bridgehead atoms. The monoisotopic (exact) mass is 511 g/mol. The third-order valence-corrected chi connectivity index (χ3v) is 7.61. The Labute approximate surface area is 210 Å². The molecule has 1 fully saturated rings. The first-order valence-electron chi connectivity index (χ1n) is 11.1. The van der Waals surface area contributed by atoms with E-state index in [1.807, 2.05) is 36.5 Å². The fraction of sp³-hybridized carbons (Fsp3) is 0.231. The smallest absolute Gasteiger partial charge is 0.337 e. The van der Waals surface area contributed by atoms with Crippen LogP contribution < -0.4 is 4.72 Å². The number of nitrogens with zero attached hydrogens (tertiary/aromatic N) is 2. The van der Waals surface area contributed by atoms with Crippen LogP contribution in [-0.2, 0) is 21.3 Å². The van der Waals surface area contributed by atoms with Crippen LogP contribution in [0.2, 0.25) is 5.02 Å². The van der Waals surface area contributed by atoms with E-state index in [4.69, 9.17) is 16.3 Å². The first kappa shape index (κ1) is 25.1. The molecule has 182 valence electrons. The molecule has 0 saturated carbocycles. The van der Waals surface area contributed by atoms with Crippen LogP contribution in [0.3, 0.4) is 0 Å². The van der Waals surface area contributed by atoms with Crippen LogP contribution in [0.5, 0.6) is 0 Å². The predicted molar refractivity (Wildman–Crippen MR) is 135 cm³/mol. The number of esters is 1. The molecule has 0 amide bonds. The van der Waals surface area contributed by atoms with Crippen molar-refractivity contribution >= 4 is 33.7 Å². The number of pyridine rings is 1. The number of benzene rings is 2. The summed E-state index contributed by atoms with van der Waals surface area (Å²) in [6.07, 6.45) is 8.13. The minimum atomic E-state index is -3.69. The van der Waals surface area contributed by atoms with Gasteiger partial charge in [-0.05, 0) is 60.0 Å². The van der Waals surface area contributed by atoms with E-state index >= 15 is 0 Å². The summed E-state index contributed by atoms with van der Waals surface area (Å²) in [6.45, 7) is 1.17. The molecule has 2 heterocycles. The molecular formula is C26H26ClN3O4S. The summed E-state index contributed by atoms with van der Waals surface area (Å²) in [5.41, 5.74) is 2.38. The van der Waals surface area contributed by atoms with Crippen LogP contribution in [0.15, 0.2) is 84.0 Å². The molecule has 2 atom stereocenters. The number of rotatable bonds is 8. The Hall–Kier alpha value is -3.04. The maximum absolute atomic E-state index is 12.9. The van der Waals surface area contributed by atoms with Crippen molar-refractivity contribution in [2.24, 2.45) is 0 Å². The van der Waals surface area contributed by atoms with Crippen LogP contribution in [-0.4, -0.2) is 50.0 Å². The molecule has 1 aliphatic rings. The Morgan fingerprint density at radius 1 is 1.20 bits per heavy atom. The number of sulfonamides is 1. The van der Waals surface area contributed by atoms with Gasteiger partial charge in [0, 0.05) is 42.6 Å². The largest absolute Gasteiger partial charge is 0.465 e. The Bertz CT molecular complexity index is 1300. The second-order valence-electron chi connectivity index (χ2n) is 8.34. The lowest BCUT2D eigenvalue weighted by atomic mass is 10.1. The molecule has 4 rings (SSSR count). The molecule has 3 aromatic rings. The van der Waals surface area contributed by atoms with Gasteiger partial charge >= 0.3 is 5.97 Å². The molecular weight excluding hydrogens is 486 g/mol. The summed E-state index contributed by atoms with van der Waals surface area (Å²) in [4.78, 5) is 18.4. The molecule has 0 aliphatic carbocycles. The molecule has 1 aromatic heterocycles. The van der Waals surface area contributed by atoms with Crippen molar-refractivity contribution in [1.82, 2.24) is 14.6 Å². The van der Waals surface area contributed by atoms with Gasteiger partial charge in [-0.25, -0.2) is 17.9 Å². The van der Waals surface area contributed by atoms with E-state index in [9.17, 15) is 13.2 Å². The summed E-state index contributed by atoms with van der Waals surface area (Å²) in [7, 11) is -2.34. The number of hydrogen-bond acceptors (Lipinski definition) is 6. The maximum atomic E-state index is 12.9. The van der Waals surface area contributed by atoms with Crippen LogP contribution in [0, 0.1) is 0 Å². The standard InChI is InChI=1S/C26H26ClN3O4S/c1-34-26(31)21-6-2-4-19(14-21)7-10-24-15-23(18-30(24)17-20-5-3-13-28-16-20)29-35(32,33)25-11-8-22(27)9-12-25/h2-14,16,23-24,29H,15,17-18H2,1H3/b10-7-/t23-,24-/m1/s1. The van der Waals surface area contributed by atoms with Crippen LogP contribution in [0.4, 0.5) is 0 Å². The summed E-state index contributed by atoms with van der Waals surface area (Å²) in [5, 5.41) is 0.480. The van der Waals surface area contributed by atoms with Gasteiger partial charge in [0.2, 0.25) is 10.0 Å². The van der Waals surface area contributed by atoms with Gasteiger partial charge in [0.05, 0.1) is 17.6 Å². The van der Waals surface area contributed by atoms with Gasteiger partial charge in [-0.15, -0.1) is 0 Å². The lowest BCUT2D eigenvalue weighted by Crippen LogP contribution is -2.37. The molecule has 35 heavy (non-hydrogen) atoms. The number of hydrogen-bond donors (Lipinski definition) is 1. The highest BCUT2D eigenvalue weighted by Gasteiger charge is 2.33.